The Morgan fingerprint density at radius 1 is 1.26 bits per heavy atom. The first-order chi connectivity index (χ1) is 9.34. The van der Waals surface area contributed by atoms with Crippen LogP contribution in [0.5, 0.6) is 0 Å². The van der Waals surface area contributed by atoms with E-state index in [-0.39, 0.29) is 5.92 Å². The molecule has 1 amide bonds. The summed E-state index contributed by atoms with van der Waals surface area (Å²) in [5.41, 5.74) is 2.62. The zero-order valence-corrected chi connectivity index (χ0v) is 11.1. The van der Waals surface area contributed by atoms with Gasteiger partial charge >= 0.3 is 0 Å². The van der Waals surface area contributed by atoms with Crippen LogP contribution < -0.4 is 5.32 Å². The zero-order chi connectivity index (χ0) is 12.8. The van der Waals surface area contributed by atoms with Gasteiger partial charge in [-0.2, -0.15) is 0 Å². The fourth-order valence-corrected chi connectivity index (χ4v) is 4.02. The van der Waals surface area contributed by atoms with E-state index in [1.165, 1.54) is 24.0 Å². The number of carbonyl (C=O) groups excluding carboxylic acids is 1. The third-order valence-corrected chi connectivity index (χ3v) is 5.11. The van der Waals surface area contributed by atoms with Gasteiger partial charge in [0.05, 0.1) is 5.92 Å². The van der Waals surface area contributed by atoms with Crippen molar-refractivity contribution in [2.75, 3.05) is 19.6 Å². The maximum Gasteiger partial charge on any atom is 0.230 e. The van der Waals surface area contributed by atoms with Crippen LogP contribution in [0.1, 0.15) is 29.9 Å². The molecule has 0 spiro atoms. The van der Waals surface area contributed by atoms with Crippen LogP contribution in [0.2, 0.25) is 0 Å². The summed E-state index contributed by atoms with van der Waals surface area (Å²) in [6, 6.07) is 8.84. The van der Waals surface area contributed by atoms with E-state index in [1.54, 1.807) is 0 Å². The van der Waals surface area contributed by atoms with E-state index in [0.29, 0.717) is 17.9 Å². The second-order valence-electron chi connectivity index (χ2n) is 6.12. The third kappa shape index (κ3) is 1.71. The van der Waals surface area contributed by atoms with E-state index in [2.05, 4.69) is 34.5 Å². The predicted octanol–water partition coefficient (Wildman–Crippen LogP) is 1.54. The minimum absolute atomic E-state index is 0.135. The van der Waals surface area contributed by atoms with Gasteiger partial charge in [-0.1, -0.05) is 24.3 Å². The first-order valence-electron chi connectivity index (χ1n) is 7.43. The number of hydrogen-bond acceptors (Lipinski definition) is 2. The Bertz CT molecular complexity index is 513. The Labute approximate surface area is 114 Å². The number of hydrogen-bond donors (Lipinski definition) is 1. The predicted molar refractivity (Wildman–Crippen MR) is 74.0 cm³/mol. The molecule has 3 unspecified atom stereocenters. The van der Waals surface area contributed by atoms with Crippen molar-refractivity contribution in [2.45, 2.75) is 31.2 Å². The van der Waals surface area contributed by atoms with Gasteiger partial charge in [-0.3, -0.25) is 4.79 Å². The average molecular weight is 256 g/mol. The van der Waals surface area contributed by atoms with Crippen molar-refractivity contribution in [3.8, 4) is 0 Å². The van der Waals surface area contributed by atoms with Gasteiger partial charge in [0.25, 0.3) is 0 Å². The lowest BCUT2D eigenvalue weighted by atomic mass is 9.76. The van der Waals surface area contributed by atoms with Crippen LogP contribution in [-0.2, 0) is 11.2 Å². The molecular formula is C16H20N2O. The van der Waals surface area contributed by atoms with Crippen LogP contribution in [0.15, 0.2) is 24.3 Å². The van der Waals surface area contributed by atoms with E-state index in [4.69, 9.17) is 0 Å². The van der Waals surface area contributed by atoms with Gasteiger partial charge in [0.1, 0.15) is 0 Å². The highest BCUT2D eigenvalue weighted by atomic mass is 16.2. The van der Waals surface area contributed by atoms with Crippen LogP contribution in [-0.4, -0.2) is 36.5 Å². The maximum atomic E-state index is 12.8. The normalized spacial score (nSPS) is 32.4. The van der Waals surface area contributed by atoms with Crippen molar-refractivity contribution in [1.29, 1.82) is 0 Å². The molecule has 3 heteroatoms. The number of amides is 1. The molecule has 4 rings (SSSR count). The average Bonchev–Trinajstić information content (AvgIpc) is 2.88. The van der Waals surface area contributed by atoms with Gasteiger partial charge in [-0.25, -0.2) is 0 Å². The second kappa shape index (κ2) is 4.34. The second-order valence-corrected chi connectivity index (χ2v) is 6.12. The van der Waals surface area contributed by atoms with E-state index in [9.17, 15) is 4.79 Å². The first kappa shape index (κ1) is 11.5. The number of benzene rings is 1. The standard InChI is InChI=1S/C16H20N2O/c19-16(14-8-11-4-1-2-6-13(11)14)18-7-3-5-12-9-17-10-15(12)18/h1-2,4,6,12,14-15,17H,3,5,7-10H2. The van der Waals surface area contributed by atoms with Gasteiger partial charge < -0.3 is 10.2 Å². The molecule has 0 bridgehead atoms. The fraction of sp³-hybridized carbons (Fsp3) is 0.562. The molecule has 3 aliphatic rings. The molecule has 2 saturated heterocycles. The number of nitrogens with zero attached hydrogens (tertiary/aromatic N) is 1. The van der Waals surface area contributed by atoms with Crippen molar-refractivity contribution < 1.29 is 4.79 Å². The lowest BCUT2D eigenvalue weighted by molar-refractivity contribution is -0.137. The number of rotatable bonds is 1. The number of piperidine rings is 1. The minimum atomic E-state index is 0.135. The third-order valence-electron chi connectivity index (χ3n) is 5.11. The molecule has 2 fully saturated rings. The molecule has 19 heavy (non-hydrogen) atoms. The van der Waals surface area contributed by atoms with Gasteiger partial charge in [0.2, 0.25) is 5.91 Å². The Hall–Kier alpha value is -1.35. The van der Waals surface area contributed by atoms with Crippen molar-refractivity contribution in [3.63, 3.8) is 0 Å². The van der Waals surface area contributed by atoms with Crippen molar-refractivity contribution in [3.05, 3.63) is 35.4 Å². The SMILES string of the molecule is O=C(C1Cc2ccccc21)N1CCCC2CNCC21. The molecule has 2 aliphatic heterocycles. The minimum Gasteiger partial charge on any atom is -0.338 e. The van der Waals surface area contributed by atoms with Crippen LogP contribution in [0.4, 0.5) is 0 Å². The van der Waals surface area contributed by atoms with E-state index >= 15 is 0 Å². The van der Waals surface area contributed by atoms with Crippen molar-refractivity contribution >= 4 is 5.91 Å². The highest BCUT2D eigenvalue weighted by Gasteiger charge is 2.42. The summed E-state index contributed by atoms with van der Waals surface area (Å²) in [6.07, 6.45) is 3.39. The van der Waals surface area contributed by atoms with Gasteiger partial charge in [0, 0.05) is 25.7 Å². The van der Waals surface area contributed by atoms with E-state index in [0.717, 1.165) is 26.1 Å². The van der Waals surface area contributed by atoms with Crippen LogP contribution in [0.3, 0.4) is 0 Å². The summed E-state index contributed by atoms with van der Waals surface area (Å²) in [4.78, 5) is 15.0. The molecule has 3 nitrogen and oxygen atoms in total. The lowest BCUT2D eigenvalue weighted by Gasteiger charge is -2.41. The number of likely N-dealkylation sites (tertiary alicyclic amines) is 1. The lowest BCUT2D eigenvalue weighted by Crippen LogP contribution is -2.51. The van der Waals surface area contributed by atoms with Crippen molar-refractivity contribution in [1.82, 2.24) is 10.2 Å². The Balaban J connectivity index is 1.55. The first-order valence-corrected chi connectivity index (χ1v) is 7.43. The molecule has 0 radical (unpaired) electrons. The van der Waals surface area contributed by atoms with Crippen molar-refractivity contribution in [2.24, 2.45) is 5.92 Å². The Kier molecular flexibility index (Phi) is 2.62. The summed E-state index contributed by atoms with van der Waals surface area (Å²) in [6.45, 7) is 3.04. The summed E-state index contributed by atoms with van der Waals surface area (Å²) in [5.74, 6) is 1.20. The summed E-state index contributed by atoms with van der Waals surface area (Å²) < 4.78 is 0. The molecule has 2 heterocycles. The molecule has 0 aromatic heterocycles. The van der Waals surface area contributed by atoms with E-state index < -0.39 is 0 Å². The molecule has 1 aromatic rings. The van der Waals surface area contributed by atoms with Gasteiger partial charge in [0.15, 0.2) is 0 Å². The van der Waals surface area contributed by atoms with Crippen LogP contribution in [0, 0.1) is 5.92 Å². The molecule has 1 aromatic carbocycles. The Morgan fingerprint density at radius 2 is 2.16 bits per heavy atom. The zero-order valence-electron chi connectivity index (χ0n) is 11.1. The van der Waals surface area contributed by atoms with Crippen LogP contribution in [0.25, 0.3) is 0 Å². The molecular weight excluding hydrogens is 236 g/mol. The van der Waals surface area contributed by atoms with E-state index in [1.807, 2.05) is 0 Å². The summed E-state index contributed by atoms with van der Waals surface area (Å²) in [5, 5.41) is 3.45. The highest BCUT2D eigenvalue weighted by molar-refractivity contribution is 5.87. The number of fused-ring (bicyclic) bond motifs is 2. The summed E-state index contributed by atoms with van der Waals surface area (Å²) >= 11 is 0. The topological polar surface area (TPSA) is 32.3 Å². The quantitative estimate of drug-likeness (QED) is 0.826. The fourth-order valence-electron chi connectivity index (χ4n) is 4.02. The summed E-state index contributed by atoms with van der Waals surface area (Å²) in [7, 11) is 0. The monoisotopic (exact) mass is 256 g/mol. The Morgan fingerprint density at radius 3 is 3.05 bits per heavy atom. The largest absolute Gasteiger partial charge is 0.338 e. The molecule has 1 N–H and O–H groups in total. The molecule has 0 saturated carbocycles. The maximum absolute atomic E-state index is 12.8. The molecule has 100 valence electrons. The highest BCUT2D eigenvalue weighted by Crippen LogP contribution is 2.38. The number of nitrogens with one attached hydrogen (secondary N) is 1. The van der Waals surface area contributed by atoms with Gasteiger partial charge in [-0.05, 0) is 36.3 Å². The number of carbonyl (C=O) groups is 1. The smallest absolute Gasteiger partial charge is 0.230 e. The molecule has 1 aliphatic carbocycles. The van der Waals surface area contributed by atoms with Crippen LogP contribution >= 0.6 is 0 Å². The molecule has 3 atom stereocenters. The van der Waals surface area contributed by atoms with Gasteiger partial charge in [-0.15, -0.1) is 0 Å².